The van der Waals surface area contributed by atoms with Crippen LogP contribution in [-0.2, 0) is 11.3 Å². The highest BCUT2D eigenvalue weighted by molar-refractivity contribution is 5.92. The summed E-state index contributed by atoms with van der Waals surface area (Å²) >= 11 is 0. The minimum absolute atomic E-state index is 0.0353. The molecular weight excluding hydrogens is 334 g/mol. The molecule has 0 atom stereocenters. The number of hydrogen-bond donors (Lipinski definition) is 1. The van der Waals surface area contributed by atoms with Crippen LogP contribution in [-0.4, -0.2) is 17.1 Å². The van der Waals surface area contributed by atoms with E-state index in [1.807, 2.05) is 0 Å². The molecule has 130 valence electrons. The van der Waals surface area contributed by atoms with E-state index >= 15 is 0 Å². The van der Waals surface area contributed by atoms with E-state index < -0.39 is 18.3 Å². The maximum absolute atomic E-state index is 12.4. The van der Waals surface area contributed by atoms with Crippen LogP contribution in [0, 0.1) is 0 Å². The number of nitrogens with one attached hydrogen (secondary N) is 1. The summed E-state index contributed by atoms with van der Waals surface area (Å²) in [5.74, 6) is -1.13. The van der Waals surface area contributed by atoms with E-state index in [-0.39, 0.29) is 24.4 Å². The summed E-state index contributed by atoms with van der Waals surface area (Å²) in [6.45, 7) is -2.89. The van der Waals surface area contributed by atoms with E-state index in [4.69, 9.17) is 4.42 Å². The molecule has 3 aromatic rings. The Morgan fingerprint density at radius 1 is 1.16 bits per heavy atom. The summed E-state index contributed by atoms with van der Waals surface area (Å²) in [4.78, 5) is 23.9. The van der Waals surface area contributed by atoms with Crippen molar-refractivity contribution in [2.75, 3.05) is 5.32 Å². The predicted molar refractivity (Wildman–Crippen MR) is 86.8 cm³/mol. The van der Waals surface area contributed by atoms with Crippen molar-refractivity contribution in [3.63, 3.8) is 0 Å². The molecule has 1 aromatic heterocycles. The molecule has 25 heavy (non-hydrogen) atoms. The first kappa shape index (κ1) is 16.7. The second kappa shape index (κ2) is 7.16. The number of hydrogen-bond acceptors (Lipinski definition) is 4. The number of carbonyl (C=O) groups is 1. The number of amides is 1. The number of ether oxygens (including phenoxy) is 1. The molecule has 1 N–H and O–H groups in total. The van der Waals surface area contributed by atoms with Gasteiger partial charge < -0.3 is 14.5 Å². The van der Waals surface area contributed by atoms with Crippen molar-refractivity contribution in [3.05, 3.63) is 59.1 Å². The molecule has 0 radical (unpaired) electrons. The number of benzene rings is 2. The van der Waals surface area contributed by atoms with Crippen molar-refractivity contribution in [1.82, 2.24) is 4.57 Å². The van der Waals surface area contributed by atoms with Gasteiger partial charge >= 0.3 is 12.4 Å². The van der Waals surface area contributed by atoms with E-state index in [1.54, 1.807) is 30.3 Å². The van der Waals surface area contributed by atoms with Crippen molar-refractivity contribution in [3.8, 4) is 5.75 Å². The number of nitrogens with zero attached hydrogens (tertiary/aromatic N) is 1. The maximum Gasteiger partial charge on any atom is 0.419 e. The van der Waals surface area contributed by atoms with Crippen molar-refractivity contribution in [2.24, 2.45) is 0 Å². The van der Waals surface area contributed by atoms with Crippen LogP contribution in [0.4, 0.5) is 14.5 Å². The molecule has 8 heteroatoms. The number of fused-ring (bicyclic) bond motifs is 1. The van der Waals surface area contributed by atoms with Gasteiger partial charge in [-0.05, 0) is 24.3 Å². The first-order chi connectivity index (χ1) is 12.0. The summed E-state index contributed by atoms with van der Waals surface area (Å²) in [5, 5.41) is 2.50. The minimum Gasteiger partial charge on any atom is -0.433 e. The standard InChI is InChI=1S/C17H14F2N2O4/c18-16(19)24-13-7-3-1-5-11(13)20-15(22)9-10-21-12-6-2-4-8-14(12)25-17(21)23/h1-8,16H,9-10H2,(H,20,22). The number of alkyl halides is 2. The first-order valence-electron chi connectivity index (χ1n) is 7.46. The maximum atomic E-state index is 12.4. The Morgan fingerprint density at radius 2 is 1.88 bits per heavy atom. The summed E-state index contributed by atoms with van der Waals surface area (Å²) < 4.78 is 35.5. The van der Waals surface area contributed by atoms with Crippen LogP contribution in [0.1, 0.15) is 6.42 Å². The summed E-state index contributed by atoms with van der Waals surface area (Å²) in [7, 11) is 0. The smallest absolute Gasteiger partial charge is 0.419 e. The molecule has 0 aliphatic heterocycles. The molecule has 0 saturated carbocycles. The minimum atomic E-state index is -2.99. The number of oxazole rings is 1. The molecule has 2 aromatic carbocycles. The van der Waals surface area contributed by atoms with Gasteiger partial charge in [-0.15, -0.1) is 0 Å². The highest BCUT2D eigenvalue weighted by Crippen LogP contribution is 2.25. The Bertz CT molecular complexity index is 949. The lowest BCUT2D eigenvalue weighted by Gasteiger charge is -2.11. The second-order valence-electron chi connectivity index (χ2n) is 5.16. The van der Waals surface area contributed by atoms with Crippen LogP contribution in [0.2, 0.25) is 0 Å². The van der Waals surface area contributed by atoms with Crippen molar-refractivity contribution < 1.29 is 22.7 Å². The molecule has 0 unspecified atom stereocenters. The molecule has 0 aliphatic rings. The quantitative estimate of drug-likeness (QED) is 0.742. The lowest BCUT2D eigenvalue weighted by atomic mass is 10.2. The van der Waals surface area contributed by atoms with E-state index in [9.17, 15) is 18.4 Å². The fraction of sp³-hybridized carbons (Fsp3) is 0.176. The van der Waals surface area contributed by atoms with Crippen molar-refractivity contribution in [1.29, 1.82) is 0 Å². The molecule has 0 fully saturated rings. The highest BCUT2D eigenvalue weighted by atomic mass is 19.3. The van der Waals surface area contributed by atoms with Crippen molar-refractivity contribution in [2.45, 2.75) is 19.6 Å². The van der Waals surface area contributed by atoms with Crippen LogP contribution in [0.25, 0.3) is 11.1 Å². The Kier molecular flexibility index (Phi) is 4.78. The van der Waals surface area contributed by atoms with Gasteiger partial charge in [-0.3, -0.25) is 9.36 Å². The van der Waals surface area contributed by atoms with Gasteiger partial charge in [0.15, 0.2) is 5.58 Å². The SMILES string of the molecule is O=C(CCn1c(=O)oc2ccccc21)Nc1ccccc1OC(F)F. The summed E-state index contributed by atoms with van der Waals surface area (Å²) in [6, 6.07) is 12.8. The van der Waals surface area contributed by atoms with E-state index in [0.29, 0.717) is 11.1 Å². The fourth-order valence-corrected chi connectivity index (χ4v) is 2.42. The van der Waals surface area contributed by atoms with Crippen LogP contribution in [0.15, 0.2) is 57.7 Å². The molecular formula is C17H14F2N2O4. The van der Waals surface area contributed by atoms with Gasteiger partial charge in [0, 0.05) is 13.0 Å². The zero-order valence-corrected chi connectivity index (χ0v) is 12.9. The van der Waals surface area contributed by atoms with Crippen molar-refractivity contribution >= 4 is 22.7 Å². The van der Waals surface area contributed by atoms with Crippen LogP contribution in [0.5, 0.6) is 5.75 Å². The number of halogens is 2. The molecule has 1 amide bonds. The fourth-order valence-electron chi connectivity index (χ4n) is 2.42. The van der Waals surface area contributed by atoms with Crippen LogP contribution >= 0.6 is 0 Å². The van der Waals surface area contributed by atoms with Gasteiger partial charge in [0.1, 0.15) is 5.75 Å². The number of carbonyl (C=O) groups excluding carboxylic acids is 1. The number of anilines is 1. The zero-order chi connectivity index (χ0) is 17.8. The topological polar surface area (TPSA) is 73.5 Å². The van der Waals surface area contributed by atoms with Gasteiger partial charge in [0.25, 0.3) is 0 Å². The highest BCUT2D eigenvalue weighted by Gasteiger charge is 2.13. The van der Waals surface area contributed by atoms with Gasteiger partial charge in [0.2, 0.25) is 5.91 Å². The van der Waals surface area contributed by atoms with E-state index in [0.717, 1.165) is 0 Å². The second-order valence-corrected chi connectivity index (χ2v) is 5.16. The monoisotopic (exact) mass is 348 g/mol. The van der Waals surface area contributed by atoms with E-state index in [2.05, 4.69) is 10.1 Å². The molecule has 1 heterocycles. The molecule has 0 spiro atoms. The summed E-state index contributed by atoms with van der Waals surface area (Å²) in [6.07, 6.45) is -0.0353. The predicted octanol–water partition coefficient (Wildman–Crippen LogP) is 3.22. The molecule has 0 aliphatic carbocycles. The Labute approximate surface area is 140 Å². The number of rotatable bonds is 6. The third-order valence-corrected chi connectivity index (χ3v) is 3.51. The Balaban J connectivity index is 1.69. The average molecular weight is 348 g/mol. The van der Waals surface area contributed by atoms with Gasteiger partial charge in [-0.25, -0.2) is 4.79 Å². The van der Waals surface area contributed by atoms with Crippen LogP contribution in [0.3, 0.4) is 0 Å². The number of aromatic nitrogens is 1. The number of aryl methyl sites for hydroxylation is 1. The molecule has 0 saturated heterocycles. The van der Waals surface area contributed by atoms with Crippen LogP contribution < -0.4 is 15.8 Å². The van der Waals surface area contributed by atoms with E-state index in [1.165, 1.54) is 22.8 Å². The Hall–Kier alpha value is -3.16. The lowest BCUT2D eigenvalue weighted by molar-refractivity contribution is -0.116. The summed E-state index contributed by atoms with van der Waals surface area (Å²) in [5.41, 5.74) is 1.16. The van der Waals surface area contributed by atoms with Gasteiger partial charge in [-0.2, -0.15) is 8.78 Å². The lowest BCUT2D eigenvalue weighted by Crippen LogP contribution is -2.20. The molecule has 3 rings (SSSR count). The third-order valence-electron chi connectivity index (χ3n) is 3.51. The molecule has 6 nitrogen and oxygen atoms in total. The third kappa shape index (κ3) is 3.85. The largest absolute Gasteiger partial charge is 0.433 e. The Morgan fingerprint density at radius 3 is 2.68 bits per heavy atom. The first-order valence-corrected chi connectivity index (χ1v) is 7.46. The zero-order valence-electron chi connectivity index (χ0n) is 12.9. The normalized spacial score (nSPS) is 11.0. The van der Waals surface area contributed by atoms with Gasteiger partial charge in [-0.1, -0.05) is 24.3 Å². The average Bonchev–Trinajstić information content (AvgIpc) is 2.89. The number of para-hydroxylation sites is 4. The molecule has 0 bridgehead atoms. The van der Waals surface area contributed by atoms with Gasteiger partial charge in [0.05, 0.1) is 11.2 Å².